The topological polar surface area (TPSA) is 124 Å². The molecule has 0 saturated carbocycles. The fraction of sp³-hybridized carbons (Fsp3) is 0.0455. The maximum atomic E-state index is 13.1. The molecule has 0 aliphatic carbocycles. The van der Waals surface area contributed by atoms with Crippen LogP contribution >= 0.6 is 11.6 Å². The number of nitrogens with zero attached hydrogens (tertiary/aromatic N) is 3. The van der Waals surface area contributed by atoms with Crippen molar-refractivity contribution < 1.29 is 24.0 Å². The van der Waals surface area contributed by atoms with Gasteiger partial charge < -0.3 is 9.30 Å². The molecule has 0 unspecified atom stereocenters. The van der Waals surface area contributed by atoms with E-state index in [4.69, 9.17) is 16.3 Å². The Morgan fingerprint density at radius 2 is 1.82 bits per heavy atom. The van der Waals surface area contributed by atoms with E-state index in [9.17, 15) is 24.5 Å². The van der Waals surface area contributed by atoms with Crippen LogP contribution in [0.2, 0.25) is 5.02 Å². The van der Waals surface area contributed by atoms with Crippen molar-refractivity contribution in [2.75, 3.05) is 12.0 Å². The molecule has 11 heteroatoms. The summed E-state index contributed by atoms with van der Waals surface area (Å²) in [5.41, 5.74) is 0.611. The number of methoxy groups -OCH3 is 1. The van der Waals surface area contributed by atoms with Crippen molar-refractivity contribution >= 4 is 46.9 Å². The fourth-order valence-corrected chi connectivity index (χ4v) is 3.57. The summed E-state index contributed by atoms with van der Waals surface area (Å²) in [4.78, 5) is 49.2. The molecule has 1 saturated heterocycles. The van der Waals surface area contributed by atoms with Crippen LogP contribution < -0.4 is 15.0 Å². The van der Waals surface area contributed by atoms with E-state index in [0.717, 1.165) is 4.90 Å². The zero-order valence-corrected chi connectivity index (χ0v) is 17.8. The number of aromatic nitrogens is 1. The van der Waals surface area contributed by atoms with Gasteiger partial charge in [-0.3, -0.25) is 25.0 Å². The number of carbonyl (C=O) groups excluding carboxylic acids is 3. The first-order valence-corrected chi connectivity index (χ1v) is 9.85. The van der Waals surface area contributed by atoms with E-state index in [1.54, 1.807) is 35.0 Å². The molecule has 33 heavy (non-hydrogen) atoms. The number of rotatable bonds is 5. The normalized spacial score (nSPS) is 15.0. The van der Waals surface area contributed by atoms with Gasteiger partial charge >= 0.3 is 6.03 Å². The Bertz CT molecular complexity index is 1330. The van der Waals surface area contributed by atoms with Crippen LogP contribution in [-0.2, 0) is 9.59 Å². The highest BCUT2D eigenvalue weighted by atomic mass is 35.5. The number of non-ortho nitro benzene ring substituents is 1. The number of imide groups is 2. The number of carbonyl (C=O) groups is 3. The number of halogens is 1. The summed E-state index contributed by atoms with van der Waals surface area (Å²) in [6.45, 7) is 0. The second-order valence-corrected chi connectivity index (χ2v) is 7.26. The van der Waals surface area contributed by atoms with Gasteiger partial charge in [0.05, 0.1) is 28.4 Å². The lowest BCUT2D eigenvalue weighted by molar-refractivity contribution is -0.384. The minimum atomic E-state index is -0.874. The van der Waals surface area contributed by atoms with Gasteiger partial charge in [0.25, 0.3) is 17.5 Å². The number of ether oxygens (including phenoxy) is 1. The SMILES string of the molecule is COc1ccc(N2C(=O)NC(=O)/C(=C/c3cccn3-c3ccc([N+](=O)[O-])cc3Cl)C2=O)cc1. The number of nitro benzene ring substituents is 1. The molecule has 3 aromatic rings. The first kappa shape index (κ1) is 21.8. The fourth-order valence-electron chi connectivity index (χ4n) is 3.31. The Morgan fingerprint density at radius 3 is 2.45 bits per heavy atom. The number of urea groups is 1. The third-order valence-corrected chi connectivity index (χ3v) is 5.21. The van der Waals surface area contributed by atoms with Crippen LogP contribution in [0.1, 0.15) is 5.69 Å². The highest BCUT2D eigenvalue weighted by Gasteiger charge is 2.37. The van der Waals surface area contributed by atoms with Crippen LogP contribution in [0, 0.1) is 10.1 Å². The smallest absolute Gasteiger partial charge is 0.335 e. The van der Waals surface area contributed by atoms with Gasteiger partial charge in [-0.25, -0.2) is 9.69 Å². The van der Waals surface area contributed by atoms with Crippen LogP contribution in [0.15, 0.2) is 66.4 Å². The molecular weight excluding hydrogens is 452 g/mol. The van der Waals surface area contributed by atoms with Crippen molar-refractivity contribution in [3.63, 3.8) is 0 Å². The molecule has 1 N–H and O–H groups in total. The number of barbiturate groups is 1. The summed E-state index contributed by atoms with van der Waals surface area (Å²) in [6.07, 6.45) is 2.94. The number of hydrogen-bond donors (Lipinski definition) is 1. The van der Waals surface area contributed by atoms with Crippen molar-refractivity contribution in [1.82, 2.24) is 9.88 Å². The average Bonchev–Trinajstić information content (AvgIpc) is 3.24. The van der Waals surface area contributed by atoms with E-state index < -0.39 is 22.8 Å². The van der Waals surface area contributed by atoms with Gasteiger partial charge in [0.1, 0.15) is 11.3 Å². The molecular formula is C22H15ClN4O6. The van der Waals surface area contributed by atoms with Crippen LogP contribution in [0.5, 0.6) is 5.75 Å². The first-order valence-electron chi connectivity index (χ1n) is 9.47. The van der Waals surface area contributed by atoms with Crippen LogP contribution in [0.4, 0.5) is 16.2 Å². The number of amides is 4. The number of nitro groups is 1. The summed E-state index contributed by atoms with van der Waals surface area (Å²) in [5, 5.41) is 13.2. The van der Waals surface area contributed by atoms with E-state index >= 15 is 0 Å². The van der Waals surface area contributed by atoms with Gasteiger partial charge in [0.15, 0.2) is 0 Å². The molecule has 0 radical (unpaired) electrons. The van der Waals surface area contributed by atoms with Gasteiger partial charge in [-0.05, 0) is 48.5 Å². The van der Waals surface area contributed by atoms with Gasteiger partial charge in [0.2, 0.25) is 0 Å². The third-order valence-electron chi connectivity index (χ3n) is 4.91. The Hall–Kier alpha value is -4.44. The van der Waals surface area contributed by atoms with Crippen molar-refractivity contribution in [2.24, 2.45) is 0 Å². The number of nitrogens with one attached hydrogen (secondary N) is 1. The van der Waals surface area contributed by atoms with Crippen LogP contribution in [0.3, 0.4) is 0 Å². The van der Waals surface area contributed by atoms with Crippen molar-refractivity contribution in [3.8, 4) is 11.4 Å². The quantitative estimate of drug-likeness (QED) is 0.264. The Kier molecular flexibility index (Phi) is 5.67. The summed E-state index contributed by atoms with van der Waals surface area (Å²) < 4.78 is 6.65. The second-order valence-electron chi connectivity index (χ2n) is 6.85. The third kappa shape index (κ3) is 4.06. The Morgan fingerprint density at radius 1 is 1.09 bits per heavy atom. The maximum absolute atomic E-state index is 13.1. The molecule has 1 aromatic heterocycles. The van der Waals surface area contributed by atoms with Gasteiger partial charge in [-0.2, -0.15) is 0 Å². The summed E-state index contributed by atoms with van der Waals surface area (Å²) >= 11 is 6.23. The zero-order chi connectivity index (χ0) is 23.7. The van der Waals surface area contributed by atoms with Crippen LogP contribution in [-0.4, -0.2) is 34.4 Å². The lowest BCUT2D eigenvalue weighted by Gasteiger charge is -2.26. The molecule has 0 bridgehead atoms. The molecule has 2 heterocycles. The predicted octanol–water partition coefficient (Wildman–Crippen LogP) is 3.71. The molecule has 1 fully saturated rings. The molecule has 10 nitrogen and oxygen atoms in total. The summed E-state index contributed by atoms with van der Waals surface area (Å²) in [7, 11) is 1.49. The van der Waals surface area contributed by atoms with E-state index in [1.807, 2.05) is 0 Å². The lowest BCUT2D eigenvalue weighted by atomic mass is 10.1. The molecule has 2 aromatic carbocycles. The molecule has 4 amide bonds. The minimum absolute atomic E-state index is 0.106. The molecule has 4 rings (SSSR count). The lowest BCUT2D eigenvalue weighted by Crippen LogP contribution is -2.54. The highest BCUT2D eigenvalue weighted by molar-refractivity contribution is 6.39. The largest absolute Gasteiger partial charge is 0.497 e. The van der Waals surface area contributed by atoms with Gasteiger partial charge in [0, 0.05) is 24.0 Å². The van der Waals surface area contributed by atoms with E-state index in [2.05, 4.69) is 5.32 Å². The van der Waals surface area contributed by atoms with E-state index in [0.29, 0.717) is 17.1 Å². The second kappa shape index (κ2) is 8.60. The average molecular weight is 467 g/mol. The summed E-state index contributed by atoms with van der Waals surface area (Å²) in [6, 6.07) is 12.6. The summed E-state index contributed by atoms with van der Waals surface area (Å²) in [5.74, 6) is -1.12. The molecule has 1 aliphatic rings. The molecule has 0 atom stereocenters. The Labute approximate surface area is 191 Å². The molecule has 1 aliphatic heterocycles. The van der Waals surface area contributed by atoms with Crippen molar-refractivity contribution in [2.45, 2.75) is 0 Å². The van der Waals surface area contributed by atoms with E-state index in [1.165, 1.54) is 43.5 Å². The number of anilines is 1. The van der Waals surface area contributed by atoms with Crippen LogP contribution in [0.25, 0.3) is 11.8 Å². The monoisotopic (exact) mass is 466 g/mol. The molecule has 0 spiro atoms. The Balaban J connectivity index is 1.73. The minimum Gasteiger partial charge on any atom is -0.497 e. The van der Waals surface area contributed by atoms with Gasteiger partial charge in [-0.15, -0.1) is 0 Å². The standard InChI is InChI=1S/C22H15ClN4O6/c1-33-16-7-4-13(5-8-16)26-21(29)17(20(28)24-22(26)30)11-14-3-2-10-25(14)19-9-6-15(27(31)32)12-18(19)23/h2-12H,1H3,(H,24,28,30)/b17-11-. The number of hydrogen-bond acceptors (Lipinski definition) is 6. The molecule has 166 valence electrons. The predicted molar refractivity (Wildman–Crippen MR) is 119 cm³/mol. The first-order chi connectivity index (χ1) is 15.8. The maximum Gasteiger partial charge on any atom is 0.335 e. The van der Waals surface area contributed by atoms with Crippen molar-refractivity contribution in [1.29, 1.82) is 0 Å². The highest BCUT2D eigenvalue weighted by Crippen LogP contribution is 2.29. The van der Waals surface area contributed by atoms with Gasteiger partial charge in [-0.1, -0.05) is 11.6 Å². The van der Waals surface area contributed by atoms with E-state index in [-0.39, 0.29) is 22.0 Å². The van der Waals surface area contributed by atoms with Crippen molar-refractivity contribution in [3.05, 3.63) is 87.2 Å². The zero-order valence-electron chi connectivity index (χ0n) is 17.0. The number of benzene rings is 2.